The van der Waals surface area contributed by atoms with Crippen molar-refractivity contribution in [3.63, 3.8) is 0 Å². The Labute approximate surface area is 186 Å². The molecular weight excluding hydrogens is 406 g/mol. The van der Waals surface area contributed by atoms with E-state index in [2.05, 4.69) is 16.7 Å². The van der Waals surface area contributed by atoms with Gasteiger partial charge < -0.3 is 15.4 Å². The summed E-state index contributed by atoms with van der Waals surface area (Å²) < 4.78 is 5.28. The molecule has 164 valence electrons. The molecule has 2 aliphatic heterocycles. The lowest BCUT2D eigenvalue weighted by Crippen LogP contribution is -2.50. The number of fused-ring (bicyclic) bond motifs is 1. The van der Waals surface area contributed by atoms with Crippen molar-refractivity contribution in [1.82, 2.24) is 15.5 Å². The molecule has 0 fully saturated rings. The van der Waals surface area contributed by atoms with Gasteiger partial charge in [0.2, 0.25) is 5.91 Å². The Bertz CT molecular complexity index is 1170. The van der Waals surface area contributed by atoms with Gasteiger partial charge in [0.15, 0.2) is 0 Å². The Morgan fingerprint density at radius 3 is 2.81 bits per heavy atom. The maximum atomic E-state index is 13.0. The summed E-state index contributed by atoms with van der Waals surface area (Å²) in [5.74, 6) is -0.723. The number of ether oxygens (including phenoxy) is 1. The van der Waals surface area contributed by atoms with Crippen LogP contribution in [0, 0.1) is 13.8 Å². The Morgan fingerprint density at radius 2 is 1.97 bits per heavy atom. The highest BCUT2D eigenvalue weighted by Crippen LogP contribution is 2.36. The number of carbonyl (C=O) groups is 3. The van der Waals surface area contributed by atoms with E-state index >= 15 is 0 Å². The molecule has 2 N–H and O–H groups in total. The highest BCUT2D eigenvalue weighted by molar-refractivity contribution is 5.98. The summed E-state index contributed by atoms with van der Waals surface area (Å²) in [7, 11) is 0. The van der Waals surface area contributed by atoms with Crippen molar-refractivity contribution in [1.29, 1.82) is 0 Å². The van der Waals surface area contributed by atoms with Crippen molar-refractivity contribution in [2.24, 2.45) is 0 Å². The normalized spacial score (nSPS) is 21.8. The van der Waals surface area contributed by atoms with E-state index in [9.17, 15) is 14.4 Å². The van der Waals surface area contributed by atoms with E-state index in [4.69, 9.17) is 4.74 Å². The number of hydrogen-bond donors (Lipinski definition) is 2. The molecule has 0 saturated heterocycles. The van der Waals surface area contributed by atoms with Gasteiger partial charge in [0, 0.05) is 0 Å². The van der Waals surface area contributed by atoms with E-state index in [-0.39, 0.29) is 25.1 Å². The summed E-state index contributed by atoms with van der Waals surface area (Å²) in [6.07, 6.45) is 1.75. The molecule has 2 aromatic rings. The minimum atomic E-state index is -0.589. The molecule has 0 spiro atoms. The molecule has 1 aliphatic carbocycles. The second-order valence-corrected chi connectivity index (χ2v) is 8.62. The van der Waals surface area contributed by atoms with Crippen molar-refractivity contribution in [3.05, 3.63) is 81.6 Å². The summed E-state index contributed by atoms with van der Waals surface area (Å²) in [5, 5.41) is 5.96. The second-order valence-electron chi connectivity index (χ2n) is 8.62. The number of benzene rings is 2. The highest BCUT2D eigenvalue weighted by atomic mass is 16.5. The van der Waals surface area contributed by atoms with E-state index in [0.29, 0.717) is 11.3 Å². The standard InChI is InChI=1S/C25H25N3O4/c1-14-7-8-15(2)18(11-14)23-22-20(13-32-24(22)30)28(25(31)27-23)12-21(29)26-19-10-9-16-5-3-4-6-17(16)19/h3-8,11,19,23H,9-10,12-13H2,1-2H3,(H,26,29)(H,27,31)/t19-,23-/m1/s1. The lowest BCUT2D eigenvalue weighted by atomic mass is 9.91. The monoisotopic (exact) mass is 431 g/mol. The summed E-state index contributed by atoms with van der Waals surface area (Å²) in [6.45, 7) is 3.73. The van der Waals surface area contributed by atoms with Gasteiger partial charge >= 0.3 is 12.0 Å². The molecule has 3 aliphatic rings. The molecule has 0 saturated carbocycles. The number of rotatable bonds is 4. The first kappa shape index (κ1) is 20.3. The van der Waals surface area contributed by atoms with Gasteiger partial charge in [0.05, 0.1) is 23.4 Å². The summed E-state index contributed by atoms with van der Waals surface area (Å²) >= 11 is 0. The molecule has 7 nitrogen and oxygen atoms in total. The Kier molecular flexibility index (Phi) is 4.96. The predicted molar refractivity (Wildman–Crippen MR) is 118 cm³/mol. The third kappa shape index (κ3) is 3.43. The first-order chi connectivity index (χ1) is 15.4. The third-order valence-electron chi connectivity index (χ3n) is 6.51. The fourth-order valence-electron chi connectivity index (χ4n) is 4.87. The lowest BCUT2D eigenvalue weighted by Gasteiger charge is -2.33. The molecule has 3 amide bonds. The molecule has 2 heterocycles. The predicted octanol–water partition coefficient (Wildman–Crippen LogP) is 2.98. The number of nitrogens with one attached hydrogen (secondary N) is 2. The molecule has 2 aromatic carbocycles. The zero-order chi connectivity index (χ0) is 22.4. The number of esters is 1. The minimum Gasteiger partial charge on any atom is -0.456 e. The van der Waals surface area contributed by atoms with Gasteiger partial charge in [-0.25, -0.2) is 9.59 Å². The molecule has 0 radical (unpaired) electrons. The van der Waals surface area contributed by atoms with Crippen LogP contribution in [0.4, 0.5) is 4.79 Å². The topological polar surface area (TPSA) is 87.7 Å². The van der Waals surface area contributed by atoms with Gasteiger partial charge in [-0.3, -0.25) is 9.69 Å². The van der Waals surface area contributed by atoms with Crippen LogP contribution in [0.1, 0.15) is 46.3 Å². The molecule has 2 atom stereocenters. The van der Waals surface area contributed by atoms with Crippen LogP contribution in [0.2, 0.25) is 0 Å². The maximum Gasteiger partial charge on any atom is 0.338 e. The first-order valence-electron chi connectivity index (χ1n) is 10.8. The number of urea groups is 1. The Hall–Kier alpha value is -3.61. The molecule has 0 aromatic heterocycles. The number of aryl methyl sites for hydroxylation is 3. The highest BCUT2D eigenvalue weighted by Gasteiger charge is 2.43. The fourth-order valence-corrected chi connectivity index (χ4v) is 4.87. The van der Waals surface area contributed by atoms with Crippen LogP contribution in [-0.2, 0) is 20.7 Å². The number of hydrogen-bond acceptors (Lipinski definition) is 4. The number of nitrogens with zero attached hydrogens (tertiary/aromatic N) is 1. The summed E-state index contributed by atoms with van der Waals surface area (Å²) in [5.41, 5.74) is 6.09. The quantitative estimate of drug-likeness (QED) is 0.729. The maximum absolute atomic E-state index is 13.0. The summed E-state index contributed by atoms with van der Waals surface area (Å²) in [4.78, 5) is 39.8. The van der Waals surface area contributed by atoms with E-state index < -0.39 is 18.0 Å². The van der Waals surface area contributed by atoms with Gasteiger partial charge in [-0.05, 0) is 48.9 Å². The molecule has 7 heteroatoms. The molecule has 0 unspecified atom stereocenters. The van der Waals surface area contributed by atoms with Gasteiger partial charge in [0.1, 0.15) is 13.2 Å². The van der Waals surface area contributed by atoms with Gasteiger partial charge in [-0.2, -0.15) is 0 Å². The fraction of sp³-hybridized carbons (Fsp3) is 0.320. The minimum absolute atomic E-state index is 0.0114. The lowest BCUT2D eigenvalue weighted by molar-refractivity contribution is -0.136. The largest absolute Gasteiger partial charge is 0.456 e. The van der Waals surface area contributed by atoms with Crippen molar-refractivity contribution < 1.29 is 19.1 Å². The zero-order valence-corrected chi connectivity index (χ0v) is 18.1. The molecular formula is C25H25N3O4. The Balaban J connectivity index is 1.39. The molecule has 0 bridgehead atoms. The number of cyclic esters (lactones) is 1. The Morgan fingerprint density at radius 1 is 1.16 bits per heavy atom. The smallest absolute Gasteiger partial charge is 0.338 e. The van der Waals surface area contributed by atoms with Crippen LogP contribution < -0.4 is 10.6 Å². The van der Waals surface area contributed by atoms with Crippen LogP contribution in [0.15, 0.2) is 53.7 Å². The van der Waals surface area contributed by atoms with Crippen LogP contribution >= 0.6 is 0 Å². The average Bonchev–Trinajstić information content (AvgIpc) is 3.36. The van der Waals surface area contributed by atoms with Crippen LogP contribution in [0.3, 0.4) is 0 Å². The zero-order valence-electron chi connectivity index (χ0n) is 18.1. The van der Waals surface area contributed by atoms with Crippen molar-refractivity contribution >= 4 is 17.9 Å². The van der Waals surface area contributed by atoms with Crippen molar-refractivity contribution in [2.75, 3.05) is 13.2 Å². The third-order valence-corrected chi connectivity index (χ3v) is 6.51. The van der Waals surface area contributed by atoms with Crippen molar-refractivity contribution in [2.45, 2.75) is 38.8 Å². The van der Waals surface area contributed by atoms with E-state index in [0.717, 1.165) is 35.1 Å². The molecule has 5 rings (SSSR count). The van der Waals surface area contributed by atoms with E-state index in [1.54, 1.807) is 0 Å². The number of amides is 3. The van der Waals surface area contributed by atoms with Crippen LogP contribution in [0.25, 0.3) is 0 Å². The second kappa shape index (κ2) is 7.82. The van der Waals surface area contributed by atoms with E-state index in [1.807, 2.05) is 50.2 Å². The SMILES string of the molecule is Cc1ccc(C)c([C@H]2NC(=O)N(CC(=O)N[C@@H]3CCc4ccccc43)C3=C2C(=O)OC3)c1. The summed E-state index contributed by atoms with van der Waals surface area (Å²) in [6, 6.07) is 12.9. The van der Waals surface area contributed by atoms with Crippen LogP contribution in [-0.4, -0.2) is 36.0 Å². The first-order valence-corrected chi connectivity index (χ1v) is 10.8. The van der Waals surface area contributed by atoms with Gasteiger partial charge in [-0.1, -0.05) is 48.0 Å². The molecule has 32 heavy (non-hydrogen) atoms. The van der Waals surface area contributed by atoms with Gasteiger partial charge in [-0.15, -0.1) is 0 Å². The van der Waals surface area contributed by atoms with Crippen LogP contribution in [0.5, 0.6) is 0 Å². The number of carbonyl (C=O) groups excluding carboxylic acids is 3. The van der Waals surface area contributed by atoms with E-state index in [1.165, 1.54) is 10.5 Å². The van der Waals surface area contributed by atoms with Crippen molar-refractivity contribution in [3.8, 4) is 0 Å². The average molecular weight is 431 g/mol. The van der Waals surface area contributed by atoms with Gasteiger partial charge in [0.25, 0.3) is 0 Å².